The lowest BCUT2D eigenvalue weighted by Gasteiger charge is -2.06. The number of hydrogen-bond acceptors (Lipinski definition) is 4. The van der Waals surface area contributed by atoms with Gasteiger partial charge in [-0.3, -0.25) is 4.79 Å². The van der Waals surface area contributed by atoms with Gasteiger partial charge in [0.05, 0.1) is 4.90 Å². The van der Waals surface area contributed by atoms with Crippen molar-refractivity contribution in [2.24, 2.45) is 0 Å². The van der Waals surface area contributed by atoms with Crippen LogP contribution in [0.15, 0.2) is 29.2 Å². The summed E-state index contributed by atoms with van der Waals surface area (Å²) < 4.78 is 22.6. The number of amides is 1. The van der Waals surface area contributed by atoms with Crippen LogP contribution in [0.3, 0.4) is 0 Å². The molecule has 114 valence electrons. The maximum absolute atomic E-state index is 11.5. The maximum Gasteiger partial charge on any atom is 0.220 e. The standard InChI is InChI=1S/C13H20N2O3S.ClH/c1-14-9-3-4-13(16)15-10-11-5-7-12(8-6-11)19(2,17)18;/h5-8,14H,3-4,9-10H2,1-2H3,(H,15,16);1H. The van der Waals surface area contributed by atoms with Gasteiger partial charge in [0, 0.05) is 19.2 Å². The second-order valence-electron chi connectivity index (χ2n) is 4.40. The van der Waals surface area contributed by atoms with E-state index >= 15 is 0 Å². The van der Waals surface area contributed by atoms with Gasteiger partial charge in [0.15, 0.2) is 9.84 Å². The molecule has 0 radical (unpaired) electrons. The highest BCUT2D eigenvalue weighted by Crippen LogP contribution is 2.10. The molecule has 0 saturated heterocycles. The van der Waals surface area contributed by atoms with Crippen LogP contribution in [0.4, 0.5) is 0 Å². The highest BCUT2D eigenvalue weighted by atomic mass is 35.5. The summed E-state index contributed by atoms with van der Waals surface area (Å²) in [5, 5.41) is 5.78. The molecular formula is C13H21ClN2O3S. The van der Waals surface area contributed by atoms with Crippen molar-refractivity contribution >= 4 is 28.2 Å². The Morgan fingerprint density at radius 3 is 2.30 bits per heavy atom. The van der Waals surface area contributed by atoms with Gasteiger partial charge in [0.2, 0.25) is 5.91 Å². The van der Waals surface area contributed by atoms with Crippen molar-refractivity contribution in [2.45, 2.75) is 24.3 Å². The van der Waals surface area contributed by atoms with E-state index in [9.17, 15) is 13.2 Å². The molecule has 1 aromatic carbocycles. The van der Waals surface area contributed by atoms with E-state index in [-0.39, 0.29) is 23.2 Å². The summed E-state index contributed by atoms with van der Waals surface area (Å²) in [6.45, 7) is 1.24. The van der Waals surface area contributed by atoms with Crippen LogP contribution in [-0.4, -0.2) is 34.2 Å². The summed E-state index contributed by atoms with van der Waals surface area (Å²) in [6, 6.07) is 6.53. The molecular weight excluding hydrogens is 300 g/mol. The number of rotatable bonds is 7. The summed E-state index contributed by atoms with van der Waals surface area (Å²) in [4.78, 5) is 11.8. The first-order valence-corrected chi connectivity index (χ1v) is 8.03. The van der Waals surface area contributed by atoms with E-state index in [0.717, 1.165) is 18.5 Å². The lowest BCUT2D eigenvalue weighted by atomic mass is 10.2. The minimum atomic E-state index is -3.16. The maximum atomic E-state index is 11.5. The minimum absolute atomic E-state index is 0. The molecule has 1 rings (SSSR count). The smallest absolute Gasteiger partial charge is 0.220 e. The molecule has 7 heteroatoms. The molecule has 0 unspecified atom stereocenters. The molecule has 0 aliphatic carbocycles. The number of benzene rings is 1. The number of carbonyl (C=O) groups excluding carboxylic acids is 1. The van der Waals surface area contributed by atoms with Crippen LogP contribution in [0.2, 0.25) is 0 Å². The Bertz CT molecular complexity index is 515. The lowest BCUT2D eigenvalue weighted by Crippen LogP contribution is -2.23. The summed E-state index contributed by atoms with van der Waals surface area (Å²) in [5.74, 6) is 0.00226. The van der Waals surface area contributed by atoms with Crippen LogP contribution >= 0.6 is 12.4 Å². The van der Waals surface area contributed by atoms with Crippen LogP contribution < -0.4 is 10.6 Å². The first-order valence-electron chi connectivity index (χ1n) is 6.14. The zero-order valence-electron chi connectivity index (χ0n) is 11.7. The zero-order chi connectivity index (χ0) is 14.3. The van der Waals surface area contributed by atoms with Gasteiger partial charge in [-0.1, -0.05) is 12.1 Å². The average molecular weight is 321 g/mol. The number of carbonyl (C=O) groups is 1. The van der Waals surface area contributed by atoms with Crippen molar-refractivity contribution < 1.29 is 13.2 Å². The van der Waals surface area contributed by atoms with Crippen molar-refractivity contribution in [1.82, 2.24) is 10.6 Å². The molecule has 1 aromatic rings. The minimum Gasteiger partial charge on any atom is -0.352 e. The first kappa shape index (κ1) is 18.9. The molecule has 1 amide bonds. The number of halogens is 1. The molecule has 2 N–H and O–H groups in total. The summed E-state index contributed by atoms with van der Waals surface area (Å²) in [6.07, 6.45) is 2.46. The molecule has 20 heavy (non-hydrogen) atoms. The Morgan fingerprint density at radius 1 is 1.20 bits per heavy atom. The van der Waals surface area contributed by atoms with E-state index in [1.165, 1.54) is 6.26 Å². The van der Waals surface area contributed by atoms with Crippen molar-refractivity contribution in [3.63, 3.8) is 0 Å². The molecule has 0 aliphatic rings. The van der Waals surface area contributed by atoms with Gasteiger partial charge < -0.3 is 10.6 Å². The molecule has 0 spiro atoms. The van der Waals surface area contributed by atoms with E-state index in [1.54, 1.807) is 24.3 Å². The predicted molar refractivity (Wildman–Crippen MR) is 81.8 cm³/mol. The average Bonchev–Trinajstić information content (AvgIpc) is 2.36. The third kappa shape index (κ3) is 6.88. The van der Waals surface area contributed by atoms with Crippen LogP contribution in [0.1, 0.15) is 18.4 Å². The number of sulfone groups is 1. The van der Waals surface area contributed by atoms with Crippen LogP contribution in [0, 0.1) is 0 Å². The van der Waals surface area contributed by atoms with Gasteiger partial charge in [-0.15, -0.1) is 12.4 Å². The lowest BCUT2D eigenvalue weighted by molar-refractivity contribution is -0.121. The summed E-state index contributed by atoms with van der Waals surface area (Å²) in [7, 11) is -1.31. The second kappa shape index (κ2) is 8.94. The Balaban J connectivity index is 0.00000361. The second-order valence-corrected chi connectivity index (χ2v) is 6.42. The van der Waals surface area contributed by atoms with E-state index < -0.39 is 9.84 Å². The first-order chi connectivity index (χ1) is 8.93. The van der Waals surface area contributed by atoms with Gasteiger partial charge in [0.25, 0.3) is 0 Å². The molecule has 0 aromatic heterocycles. The van der Waals surface area contributed by atoms with Crippen LogP contribution in [-0.2, 0) is 21.2 Å². The quantitative estimate of drug-likeness (QED) is 0.738. The molecule has 0 atom stereocenters. The van der Waals surface area contributed by atoms with Crippen molar-refractivity contribution in [3.8, 4) is 0 Å². The van der Waals surface area contributed by atoms with Crippen molar-refractivity contribution in [2.75, 3.05) is 19.8 Å². The zero-order valence-corrected chi connectivity index (χ0v) is 13.3. The summed E-state index contributed by atoms with van der Waals surface area (Å²) >= 11 is 0. The topological polar surface area (TPSA) is 75.3 Å². The molecule has 0 bridgehead atoms. The highest BCUT2D eigenvalue weighted by molar-refractivity contribution is 7.90. The van der Waals surface area contributed by atoms with E-state index in [0.29, 0.717) is 13.0 Å². The van der Waals surface area contributed by atoms with Gasteiger partial charge in [-0.25, -0.2) is 8.42 Å². The van der Waals surface area contributed by atoms with E-state index in [4.69, 9.17) is 0 Å². The van der Waals surface area contributed by atoms with Gasteiger partial charge in [-0.2, -0.15) is 0 Å². The van der Waals surface area contributed by atoms with E-state index in [1.807, 2.05) is 7.05 Å². The normalized spacial score (nSPS) is 10.7. The summed E-state index contributed by atoms with van der Waals surface area (Å²) in [5.41, 5.74) is 0.884. The molecule has 0 aliphatic heterocycles. The Kier molecular flexibility index (Phi) is 8.45. The molecule has 0 heterocycles. The fourth-order valence-electron chi connectivity index (χ4n) is 1.57. The van der Waals surface area contributed by atoms with Crippen LogP contribution in [0.5, 0.6) is 0 Å². The predicted octanol–water partition coefficient (Wildman–Crippen LogP) is 1.13. The Hall–Kier alpha value is -1.11. The van der Waals surface area contributed by atoms with E-state index in [2.05, 4.69) is 10.6 Å². The van der Waals surface area contributed by atoms with Gasteiger partial charge in [0.1, 0.15) is 0 Å². The Labute approximate surface area is 126 Å². The molecule has 0 fully saturated rings. The molecule has 0 saturated carbocycles. The monoisotopic (exact) mass is 320 g/mol. The largest absolute Gasteiger partial charge is 0.352 e. The number of nitrogens with one attached hydrogen (secondary N) is 2. The molecule has 5 nitrogen and oxygen atoms in total. The van der Waals surface area contributed by atoms with Crippen LogP contribution in [0.25, 0.3) is 0 Å². The van der Waals surface area contributed by atoms with Crippen molar-refractivity contribution in [3.05, 3.63) is 29.8 Å². The third-order valence-electron chi connectivity index (χ3n) is 2.67. The highest BCUT2D eigenvalue weighted by Gasteiger charge is 2.06. The fraction of sp³-hybridized carbons (Fsp3) is 0.462. The number of hydrogen-bond donors (Lipinski definition) is 2. The van der Waals surface area contributed by atoms with Crippen molar-refractivity contribution in [1.29, 1.82) is 0 Å². The SMILES string of the molecule is CNCCCC(=O)NCc1ccc(S(C)(=O)=O)cc1.Cl. The van der Waals surface area contributed by atoms with Gasteiger partial charge >= 0.3 is 0 Å². The third-order valence-corrected chi connectivity index (χ3v) is 3.80. The Morgan fingerprint density at radius 2 is 1.80 bits per heavy atom. The fourth-order valence-corrected chi connectivity index (χ4v) is 2.20. The van der Waals surface area contributed by atoms with Gasteiger partial charge in [-0.05, 0) is 37.7 Å².